The lowest BCUT2D eigenvalue weighted by Gasteiger charge is -2.10. The highest BCUT2D eigenvalue weighted by Gasteiger charge is 2.33. The topological polar surface area (TPSA) is 67.8 Å². The highest BCUT2D eigenvalue weighted by Crippen LogP contribution is 2.35. The van der Waals surface area contributed by atoms with Crippen molar-refractivity contribution in [2.75, 3.05) is 0 Å². The largest absolute Gasteiger partial charge is 0.417 e. The van der Waals surface area contributed by atoms with Crippen LogP contribution >= 0.6 is 11.8 Å². The predicted octanol–water partition coefficient (Wildman–Crippen LogP) is 2.09. The van der Waals surface area contributed by atoms with Gasteiger partial charge in [-0.2, -0.15) is 13.2 Å². The van der Waals surface area contributed by atoms with Gasteiger partial charge in [-0.05, 0) is 30.0 Å². The van der Waals surface area contributed by atoms with E-state index in [9.17, 15) is 22.8 Å². The number of aldehydes is 1. The maximum Gasteiger partial charge on any atom is 0.417 e. The molecule has 0 fully saturated rings. The molecule has 0 aliphatic carbocycles. The lowest BCUT2D eigenvalue weighted by molar-refractivity contribution is -0.138. The number of hydrogen-bond donors (Lipinski definition) is 1. The Morgan fingerprint density at radius 2 is 2.10 bits per heavy atom. The Morgan fingerprint density at radius 3 is 2.60 bits per heavy atom. The van der Waals surface area contributed by atoms with E-state index in [0.29, 0.717) is 0 Å². The Kier molecular flexibility index (Phi) is 3.71. The summed E-state index contributed by atoms with van der Waals surface area (Å²) in [5, 5.41) is 6.09. The summed E-state index contributed by atoms with van der Waals surface area (Å²) >= 11 is 0.889. The SMILES string of the molecule is Cn1c(Sc2ccc(C=O)c(C(F)(F)F)c2)n[nH]c1=O. The number of halogens is 3. The van der Waals surface area contributed by atoms with E-state index in [2.05, 4.69) is 10.2 Å². The summed E-state index contributed by atoms with van der Waals surface area (Å²) in [7, 11) is 1.44. The second-order valence-corrected chi connectivity index (χ2v) is 4.88. The number of aromatic nitrogens is 3. The van der Waals surface area contributed by atoms with Crippen molar-refractivity contribution in [2.45, 2.75) is 16.2 Å². The summed E-state index contributed by atoms with van der Waals surface area (Å²) in [5.41, 5.74) is -1.91. The molecule has 20 heavy (non-hydrogen) atoms. The molecule has 0 amide bonds. The van der Waals surface area contributed by atoms with Crippen LogP contribution in [0.25, 0.3) is 0 Å². The van der Waals surface area contributed by atoms with Gasteiger partial charge in [-0.15, -0.1) is 5.10 Å². The summed E-state index contributed by atoms with van der Waals surface area (Å²) in [6.07, 6.45) is -4.47. The molecule has 0 saturated carbocycles. The molecule has 106 valence electrons. The van der Waals surface area contributed by atoms with Gasteiger partial charge in [-0.1, -0.05) is 0 Å². The minimum atomic E-state index is -4.62. The van der Waals surface area contributed by atoms with Crippen LogP contribution in [0.2, 0.25) is 0 Å². The first-order valence-electron chi connectivity index (χ1n) is 5.28. The van der Waals surface area contributed by atoms with E-state index >= 15 is 0 Å². The average molecular weight is 303 g/mol. The molecule has 0 spiro atoms. The molecule has 1 aromatic carbocycles. The second kappa shape index (κ2) is 5.16. The Bertz CT molecular complexity index is 706. The molecular formula is C11H8F3N3O2S. The number of nitrogens with one attached hydrogen (secondary N) is 1. The van der Waals surface area contributed by atoms with Crippen LogP contribution in [-0.2, 0) is 13.2 Å². The minimum Gasteiger partial charge on any atom is -0.298 e. The molecule has 9 heteroatoms. The molecule has 0 aliphatic heterocycles. The number of aromatic amines is 1. The lowest BCUT2D eigenvalue weighted by atomic mass is 10.1. The van der Waals surface area contributed by atoms with Gasteiger partial charge in [0.15, 0.2) is 11.4 Å². The Balaban J connectivity index is 2.42. The maximum absolute atomic E-state index is 12.8. The molecule has 5 nitrogen and oxygen atoms in total. The molecule has 0 saturated heterocycles. The van der Waals surface area contributed by atoms with Gasteiger partial charge in [0, 0.05) is 17.5 Å². The molecule has 0 atom stereocenters. The van der Waals surface area contributed by atoms with E-state index in [0.717, 1.165) is 23.9 Å². The Hall–Kier alpha value is -2.03. The zero-order chi connectivity index (χ0) is 14.9. The maximum atomic E-state index is 12.8. The number of H-pyrrole nitrogens is 1. The van der Waals surface area contributed by atoms with Gasteiger partial charge in [-0.25, -0.2) is 9.89 Å². The van der Waals surface area contributed by atoms with Crippen molar-refractivity contribution in [1.82, 2.24) is 14.8 Å². The molecule has 0 bridgehead atoms. The van der Waals surface area contributed by atoms with Crippen LogP contribution in [0.3, 0.4) is 0 Å². The number of carbonyl (C=O) groups excluding carboxylic acids is 1. The van der Waals surface area contributed by atoms with Crippen molar-refractivity contribution in [3.8, 4) is 0 Å². The normalized spacial score (nSPS) is 11.6. The van der Waals surface area contributed by atoms with Crippen LogP contribution in [0.1, 0.15) is 15.9 Å². The monoisotopic (exact) mass is 303 g/mol. The molecule has 1 aromatic heterocycles. The highest BCUT2D eigenvalue weighted by atomic mass is 32.2. The average Bonchev–Trinajstić information content (AvgIpc) is 2.70. The van der Waals surface area contributed by atoms with Gasteiger partial charge in [0.1, 0.15) is 0 Å². The summed E-state index contributed by atoms with van der Waals surface area (Å²) in [5.74, 6) is 0. The van der Waals surface area contributed by atoms with Crippen molar-refractivity contribution in [1.29, 1.82) is 0 Å². The van der Waals surface area contributed by atoms with E-state index in [1.807, 2.05) is 0 Å². The fourth-order valence-electron chi connectivity index (χ4n) is 1.48. The first-order chi connectivity index (χ1) is 9.32. The van der Waals surface area contributed by atoms with Gasteiger partial charge in [0.25, 0.3) is 0 Å². The van der Waals surface area contributed by atoms with Gasteiger partial charge in [0.05, 0.1) is 5.56 Å². The number of carbonyl (C=O) groups is 1. The van der Waals surface area contributed by atoms with Gasteiger partial charge in [-0.3, -0.25) is 9.36 Å². The second-order valence-electron chi connectivity index (χ2n) is 3.84. The van der Waals surface area contributed by atoms with Crippen molar-refractivity contribution < 1.29 is 18.0 Å². The molecule has 1 heterocycles. The number of benzene rings is 1. The summed E-state index contributed by atoms with van der Waals surface area (Å²) in [6, 6.07) is 3.30. The zero-order valence-corrected chi connectivity index (χ0v) is 10.9. The first-order valence-corrected chi connectivity index (χ1v) is 6.10. The molecule has 2 rings (SSSR count). The van der Waals surface area contributed by atoms with Crippen LogP contribution in [0.4, 0.5) is 13.2 Å². The summed E-state index contributed by atoms with van der Waals surface area (Å²) < 4.78 is 39.5. The van der Waals surface area contributed by atoms with E-state index in [1.54, 1.807) is 0 Å². The van der Waals surface area contributed by atoms with Crippen LogP contribution in [0.5, 0.6) is 0 Å². The number of hydrogen-bond acceptors (Lipinski definition) is 4. The van der Waals surface area contributed by atoms with Crippen molar-refractivity contribution in [2.24, 2.45) is 7.05 Å². The molecule has 0 unspecified atom stereocenters. The lowest BCUT2D eigenvalue weighted by Crippen LogP contribution is -2.13. The predicted molar refractivity (Wildman–Crippen MR) is 64.8 cm³/mol. The van der Waals surface area contributed by atoms with E-state index in [4.69, 9.17) is 0 Å². The molecule has 1 N–H and O–H groups in total. The zero-order valence-electron chi connectivity index (χ0n) is 10.1. The molecule has 0 aliphatic rings. The molecule has 0 radical (unpaired) electrons. The minimum absolute atomic E-state index is 0.154. The smallest absolute Gasteiger partial charge is 0.298 e. The number of alkyl halides is 3. The van der Waals surface area contributed by atoms with E-state index in [-0.39, 0.29) is 16.3 Å². The summed E-state index contributed by atoms with van der Waals surface area (Å²) in [6.45, 7) is 0. The van der Waals surface area contributed by atoms with Gasteiger partial charge in [0.2, 0.25) is 0 Å². The third-order valence-electron chi connectivity index (χ3n) is 2.51. The van der Waals surface area contributed by atoms with Crippen LogP contribution in [-0.4, -0.2) is 21.1 Å². The van der Waals surface area contributed by atoms with E-state index < -0.39 is 23.0 Å². The quantitative estimate of drug-likeness (QED) is 0.882. The van der Waals surface area contributed by atoms with Gasteiger partial charge >= 0.3 is 11.9 Å². The van der Waals surface area contributed by atoms with Crippen molar-refractivity contribution in [3.05, 3.63) is 39.8 Å². The fourth-order valence-corrected chi connectivity index (χ4v) is 2.31. The first kappa shape index (κ1) is 14.4. The summed E-state index contributed by atoms with van der Waals surface area (Å²) in [4.78, 5) is 22.0. The standard InChI is InChI=1S/C11H8F3N3O2S/c1-17-9(19)15-16-10(17)20-7-3-2-6(5-18)8(4-7)11(12,13)14/h2-5H,1H3,(H,15,19). The third kappa shape index (κ3) is 2.77. The van der Waals surface area contributed by atoms with Crippen molar-refractivity contribution in [3.63, 3.8) is 0 Å². The molecule has 2 aromatic rings. The van der Waals surface area contributed by atoms with Crippen molar-refractivity contribution >= 4 is 18.0 Å². The van der Waals surface area contributed by atoms with Gasteiger partial charge < -0.3 is 0 Å². The Labute approximate surface area is 114 Å². The van der Waals surface area contributed by atoms with Crippen LogP contribution < -0.4 is 5.69 Å². The van der Waals surface area contributed by atoms with Crippen LogP contribution in [0.15, 0.2) is 33.0 Å². The fraction of sp³-hybridized carbons (Fsp3) is 0.182. The molecular weight excluding hydrogens is 295 g/mol. The number of rotatable bonds is 3. The highest BCUT2D eigenvalue weighted by molar-refractivity contribution is 7.99. The third-order valence-corrected chi connectivity index (χ3v) is 3.54. The van der Waals surface area contributed by atoms with Crippen LogP contribution in [0, 0.1) is 0 Å². The Morgan fingerprint density at radius 1 is 1.40 bits per heavy atom. The number of nitrogens with zero attached hydrogens (tertiary/aromatic N) is 2. The van der Waals surface area contributed by atoms with E-state index in [1.165, 1.54) is 17.7 Å².